The van der Waals surface area contributed by atoms with E-state index in [0.717, 1.165) is 5.69 Å². The summed E-state index contributed by atoms with van der Waals surface area (Å²) >= 11 is 0. The van der Waals surface area contributed by atoms with Crippen LogP contribution in [0.3, 0.4) is 0 Å². The molecule has 0 saturated heterocycles. The number of benzene rings is 2. The molecule has 1 heterocycles. The van der Waals surface area contributed by atoms with Gasteiger partial charge >= 0.3 is 0 Å². The molecule has 0 radical (unpaired) electrons. The van der Waals surface area contributed by atoms with E-state index in [9.17, 15) is 9.59 Å². The van der Waals surface area contributed by atoms with E-state index in [1.807, 2.05) is 18.2 Å². The predicted molar refractivity (Wildman–Crippen MR) is 78.4 cm³/mol. The third kappa shape index (κ3) is 2.33. The lowest BCUT2D eigenvalue weighted by Gasteiger charge is -2.16. The zero-order valence-corrected chi connectivity index (χ0v) is 11.5. The van der Waals surface area contributed by atoms with Gasteiger partial charge in [0.15, 0.2) is 0 Å². The first-order chi connectivity index (χ1) is 10.2. The Morgan fingerprint density at radius 3 is 2.29 bits per heavy atom. The molecule has 0 spiro atoms. The topological polar surface area (TPSA) is 58.6 Å². The fourth-order valence-corrected chi connectivity index (χ4v) is 2.29. The number of imide groups is 1. The lowest BCUT2D eigenvalue weighted by atomic mass is 10.1. The number of anilines is 1. The van der Waals surface area contributed by atoms with E-state index in [-0.39, 0.29) is 18.5 Å². The molecule has 106 valence electrons. The molecule has 0 atom stereocenters. The maximum absolute atomic E-state index is 12.2. The molecule has 0 saturated carbocycles. The van der Waals surface area contributed by atoms with Gasteiger partial charge in [-0.15, -0.1) is 0 Å². The first kappa shape index (κ1) is 13.2. The van der Waals surface area contributed by atoms with Crippen molar-refractivity contribution in [2.75, 3.05) is 19.1 Å². The number of hydrogen-bond donors (Lipinski definition) is 1. The van der Waals surface area contributed by atoms with Crippen molar-refractivity contribution in [3.8, 4) is 5.75 Å². The van der Waals surface area contributed by atoms with Gasteiger partial charge in [-0.3, -0.25) is 14.5 Å². The Hall–Kier alpha value is -2.82. The van der Waals surface area contributed by atoms with Crippen molar-refractivity contribution in [2.24, 2.45) is 0 Å². The molecule has 1 aliphatic heterocycles. The van der Waals surface area contributed by atoms with E-state index < -0.39 is 0 Å². The minimum Gasteiger partial charge on any atom is -0.497 e. The lowest BCUT2D eigenvalue weighted by Crippen LogP contribution is -2.34. The van der Waals surface area contributed by atoms with Crippen LogP contribution in [0.15, 0.2) is 48.5 Å². The molecule has 0 unspecified atom stereocenters. The van der Waals surface area contributed by atoms with Crippen LogP contribution in [0.2, 0.25) is 0 Å². The number of rotatable bonds is 4. The van der Waals surface area contributed by atoms with Crippen molar-refractivity contribution >= 4 is 17.5 Å². The molecule has 0 bridgehead atoms. The average Bonchev–Trinajstić information content (AvgIpc) is 2.78. The third-order valence-corrected chi connectivity index (χ3v) is 3.39. The summed E-state index contributed by atoms with van der Waals surface area (Å²) < 4.78 is 5.13. The van der Waals surface area contributed by atoms with Crippen LogP contribution in [0.1, 0.15) is 20.7 Å². The predicted octanol–water partition coefficient (Wildman–Crippen LogP) is 2.36. The summed E-state index contributed by atoms with van der Waals surface area (Å²) in [6, 6.07) is 14.2. The highest BCUT2D eigenvalue weighted by Gasteiger charge is 2.34. The van der Waals surface area contributed by atoms with Gasteiger partial charge in [-0.1, -0.05) is 18.2 Å². The van der Waals surface area contributed by atoms with E-state index in [4.69, 9.17) is 4.74 Å². The fraction of sp³-hybridized carbons (Fsp3) is 0.125. The summed E-state index contributed by atoms with van der Waals surface area (Å²) in [5, 5.41) is 3.06. The van der Waals surface area contributed by atoms with Crippen molar-refractivity contribution in [2.45, 2.75) is 0 Å². The van der Waals surface area contributed by atoms with Gasteiger partial charge in [0.2, 0.25) is 0 Å². The summed E-state index contributed by atoms with van der Waals surface area (Å²) in [5.41, 5.74) is 1.69. The zero-order valence-electron chi connectivity index (χ0n) is 11.5. The van der Waals surface area contributed by atoms with E-state index in [2.05, 4.69) is 5.32 Å². The Morgan fingerprint density at radius 1 is 1.00 bits per heavy atom. The largest absolute Gasteiger partial charge is 0.497 e. The quantitative estimate of drug-likeness (QED) is 0.875. The Kier molecular flexibility index (Phi) is 3.31. The van der Waals surface area contributed by atoms with Crippen molar-refractivity contribution in [3.05, 3.63) is 59.7 Å². The first-order valence-corrected chi connectivity index (χ1v) is 6.54. The maximum Gasteiger partial charge on any atom is 0.263 e. The number of carbonyl (C=O) groups is 2. The minimum atomic E-state index is -0.272. The van der Waals surface area contributed by atoms with Gasteiger partial charge in [0, 0.05) is 11.8 Å². The summed E-state index contributed by atoms with van der Waals surface area (Å²) in [6.45, 7) is 0.125. The maximum atomic E-state index is 12.2. The molecule has 0 aromatic heterocycles. The van der Waals surface area contributed by atoms with Crippen LogP contribution >= 0.6 is 0 Å². The smallest absolute Gasteiger partial charge is 0.263 e. The average molecular weight is 282 g/mol. The Labute approximate surface area is 122 Å². The van der Waals surface area contributed by atoms with Gasteiger partial charge in [0.25, 0.3) is 11.8 Å². The fourth-order valence-electron chi connectivity index (χ4n) is 2.29. The second-order valence-electron chi connectivity index (χ2n) is 4.65. The van der Waals surface area contributed by atoms with Gasteiger partial charge in [0.1, 0.15) is 5.75 Å². The molecule has 3 rings (SSSR count). The Bertz CT molecular complexity index is 677. The number of fused-ring (bicyclic) bond motifs is 1. The van der Waals surface area contributed by atoms with E-state index in [1.165, 1.54) is 4.90 Å². The standard InChI is InChI=1S/C16H14N2O3/c1-21-12-6-4-5-11(9-12)17-10-18-15(19)13-7-2-3-8-14(13)16(18)20/h2-9,17H,10H2,1H3. The van der Waals surface area contributed by atoms with Crippen LogP contribution in [0, 0.1) is 0 Å². The highest BCUT2D eigenvalue weighted by molar-refractivity contribution is 6.21. The number of ether oxygens (including phenoxy) is 1. The summed E-state index contributed by atoms with van der Waals surface area (Å²) in [5.74, 6) is 0.166. The number of methoxy groups -OCH3 is 1. The molecule has 2 aromatic rings. The molecule has 2 aromatic carbocycles. The van der Waals surface area contributed by atoms with Gasteiger partial charge in [-0.05, 0) is 24.3 Å². The first-order valence-electron chi connectivity index (χ1n) is 6.54. The van der Waals surface area contributed by atoms with Crippen LogP contribution in [0.4, 0.5) is 5.69 Å². The monoisotopic (exact) mass is 282 g/mol. The number of carbonyl (C=O) groups excluding carboxylic acids is 2. The van der Waals surface area contributed by atoms with E-state index >= 15 is 0 Å². The molecule has 1 N–H and O–H groups in total. The van der Waals surface area contributed by atoms with E-state index in [1.54, 1.807) is 37.4 Å². The molecule has 2 amide bonds. The van der Waals surface area contributed by atoms with Crippen molar-refractivity contribution in [1.29, 1.82) is 0 Å². The Morgan fingerprint density at radius 2 is 1.67 bits per heavy atom. The molecule has 1 aliphatic rings. The molecule has 21 heavy (non-hydrogen) atoms. The van der Waals surface area contributed by atoms with Crippen LogP contribution < -0.4 is 10.1 Å². The molecule has 5 nitrogen and oxygen atoms in total. The van der Waals surface area contributed by atoms with Gasteiger partial charge in [-0.2, -0.15) is 0 Å². The third-order valence-electron chi connectivity index (χ3n) is 3.39. The normalized spacial score (nSPS) is 13.3. The lowest BCUT2D eigenvalue weighted by molar-refractivity contribution is 0.0666. The number of nitrogens with one attached hydrogen (secondary N) is 1. The molecule has 0 fully saturated rings. The van der Waals surface area contributed by atoms with Crippen LogP contribution in [-0.4, -0.2) is 30.5 Å². The summed E-state index contributed by atoms with van der Waals surface area (Å²) in [7, 11) is 1.59. The molecular weight excluding hydrogens is 268 g/mol. The highest BCUT2D eigenvalue weighted by Crippen LogP contribution is 2.23. The highest BCUT2D eigenvalue weighted by atomic mass is 16.5. The minimum absolute atomic E-state index is 0.125. The van der Waals surface area contributed by atoms with Crippen LogP contribution in [0.5, 0.6) is 5.75 Å². The number of hydrogen-bond acceptors (Lipinski definition) is 4. The van der Waals surface area contributed by atoms with Crippen molar-refractivity contribution in [1.82, 2.24) is 4.90 Å². The summed E-state index contributed by atoms with van der Waals surface area (Å²) in [6.07, 6.45) is 0. The molecule has 0 aliphatic carbocycles. The number of amides is 2. The molecule has 5 heteroatoms. The van der Waals surface area contributed by atoms with E-state index in [0.29, 0.717) is 16.9 Å². The van der Waals surface area contributed by atoms with Crippen molar-refractivity contribution in [3.63, 3.8) is 0 Å². The van der Waals surface area contributed by atoms with Crippen LogP contribution in [0.25, 0.3) is 0 Å². The molecular formula is C16H14N2O3. The van der Waals surface area contributed by atoms with Crippen LogP contribution in [-0.2, 0) is 0 Å². The second-order valence-corrected chi connectivity index (χ2v) is 4.65. The van der Waals surface area contributed by atoms with Crippen molar-refractivity contribution < 1.29 is 14.3 Å². The SMILES string of the molecule is COc1cccc(NCN2C(=O)c3ccccc3C2=O)c1. The second kappa shape index (κ2) is 5.28. The zero-order chi connectivity index (χ0) is 14.8. The van der Waals surface area contributed by atoms with Gasteiger partial charge < -0.3 is 10.1 Å². The Balaban J connectivity index is 1.75. The van der Waals surface area contributed by atoms with Gasteiger partial charge in [-0.25, -0.2) is 0 Å². The number of nitrogens with zero attached hydrogens (tertiary/aromatic N) is 1. The summed E-state index contributed by atoms with van der Waals surface area (Å²) in [4.78, 5) is 25.6. The van der Waals surface area contributed by atoms with Gasteiger partial charge in [0.05, 0.1) is 24.9 Å².